The Kier molecular flexibility index (Phi) is 2.30. The molecule has 1 aromatic heterocycles. The van der Waals surface area contributed by atoms with Gasteiger partial charge in [0, 0.05) is 6.07 Å². The minimum Gasteiger partial charge on any atom is -0.480 e. The molecule has 0 aromatic carbocycles. The van der Waals surface area contributed by atoms with Crippen molar-refractivity contribution in [3.8, 4) is 0 Å². The first-order chi connectivity index (χ1) is 7.09. The van der Waals surface area contributed by atoms with Crippen LogP contribution in [0.4, 0.5) is 0 Å². The van der Waals surface area contributed by atoms with Gasteiger partial charge in [-0.2, -0.15) is 5.10 Å². The third-order valence-corrected chi connectivity index (χ3v) is 2.71. The first-order valence-corrected chi connectivity index (χ1v) is 4.94. The molecule has 0 bridgehead atoms. The van der Waals surface area contributed by atoms with Crippen molar-refractivity contribution >= 4 is 5.97 Å². The van der Waals surface area contributed by atoms with Crippen molar-refractivity contribution in [1.29, 1.82) is 0 Å². The third kappa shape index (κ3) is 1.65. The predicted molar refractivity (Wildman–Crippen MR) is 52.9 cm³/mol. The highest BCUT2D eigenvalue weighted by Gasteiger charge is 2.20. The molecule has 5 heteroatoms. The largest absolute Gasteiger partial charge is 0.480 e. The van der Waals surface area contributed by atoms with Gasteiger partial charge in [0.15, 0.2) is 6.04 Å². The number of aryl methyl sites for hydroxylation is 2. The molecule has 0 saturated carbocycles. The normalized spacial score (nSPS) is 16.1. The monoisotopic (exact) mass is 208 g/mol. The zero-order valence-electron chi connectivity index (χ0n) is 8.43. The number of hydrogen-bond donors (Lipinski definition) is 1. The molecule has 1 aliphatic carbocycles. The first kappa shape index (κ1) is 9.89. The van der Waals surface area contributed by atoms with E-state index in [9.17, 15) is 9.59 Å². The van der Waals surface area contributed by atoms with Gasteiger partial charge in [-0.25, -0.2) is 9.48 Å². The second-order valence-corrected chi connectivity index (χ2v) is 3.77. The fourth-order valence-corrected chi connectivity index (χ4v) is 1.80. The van der Waals surface area contributed by atoms with Crippen LogP contribution in [0.25, 0.3) is 0 Å². The van der Waals surface area contributed by atoms with Gasteiger partial charge in [0.05, 0.1) is 5.69 Å². The van der Waals surface area contributed by atoms with Crippen molar-refractivity contribution in [2.24, 2.45) is 0 Å². The summed E-state index contributed by atoms with van der Waals surface area (Å²) in [5.41, 5.74) is 1.50. The Morgan fingerprint density at radius 2 is 2.33 bits per heavy atom. The molecule has 1 heterocycles. The number of carbonyl (C=O) groups is 1. The number of carboxylic acids is 1. The van der Waals surface area contributed by atoms with Gasteiger partial charge in [-0.15, -0.1) is 0 Å². The minimum atomic E-state index is -1.04. The van der Waals surface area contributed by atoms with E-state index in [0.29, 0.717) is 0 Å². The highest BCUT2D eigenvalue weighted by atomic mass is 16.4. The van der Waals surface area contributed by atoms with Crippen LogP contribution in [0.3, 0.4) is 0 Å². The number of fused-ring (bicyclic) bond motifs is 1. The summed E-state index contributed by atoms with van der Waals surface area (Å²) in [6, 6.07) is 0.609. The lowest BCUT2D eigenvalue weighted by atomic mass is 10.2. The van der Waals surface area contributed by atoms with E-state index in [1.165, 1.54) is 13.0 Å². The van der Waals surface area contributed by atoms with E-state index in [-0.39, 0.29) is 5.56 Å². The van der Waals surface area contributed by atoms with Gasteiger partial charge in [0.25, 0.3) is 5.56 Å². The van der Waals surface area contributed by atoms with Crippen LogP contribution in [-0.4, -0.2) is 20.9 Å². The van der Waals surface area contributed by atoms with E-state index in [4.69, 9.17) is 5.11 Å². The van der Waals surface area contributed by atoms with Crippen molar-refractivity contribution < 1.29 is 9.90 Å². The van der Waals surface area contributed by atoms with Gasteiger partial charge in [-0.05, 0) is 31.7 Å². The maximum atomic E-state index is 11.6. The molecule has 1 aromatic rings. The van der Waals surface area contributed by atoms with Crippen LogP contribution < -0.4 is 5.56 Å². The molecule has 15 heavy (non-hydrogen) atoms. The van der Waals surface area contributed by atoms with E-state index in [2.05, 4.69) is 5.10 Å². The summed E-state index contributed by atoms with van der Waals surface area (Å²) < 4.78 is 1.05. The molecule has 0 aliphatic heterocycles. The smallest absolute Gasteiger partial charge is 0.328 e. The fourth-order valence-electron chi connectivity index (χ4n) is 1.80. The molecule has 80 valence electrons. The Balaban J connectivity index is 2.49. The third-order valence-electron chi connectivity index (χ3n) is 2.71. The van der Waals surface area contributed by atoms with E-state index in [0.717, 1.165) is 35.2 Å². The van der Waals surface area contributed by atoms with Gasteiger partial charge in [-0.3, -0.25) is 4.79 Å². The van der Waals surface area contributed by atoms with Crippen molar-refractivity contribution in [1.82, 2.24) is 9.78 Å². The summed E-state index contributed by atoms with van der Waals surface area (Å²) in [5, 5.41) is 12.9. The molecule has 0 unspecified atom stereocenters. The Morgan fingerprint density at radius 3 is 3.00 bits per heavy atom. The van der Waals surface area contributed by atoms with Gasteiger partial charge >= 0.3 is 5.97 Å². The zero-order valence-corrected chi connectivity index (χ0v) is 8.43. The minimum absolute atomic E-state index is 0.328. The Labute approximate surface area is 86.4 Å². The topological polar surface area (TPSA) is 72.2 Å². The molecule has 0 spiro atoms. The SMILES string of the molecule is C[C@H](C(=O)O)n1nc2c(cc1=O)CCC2. The van der Waals surface area contributed by atoms with Crippen LogP contribution in [0, 0.1) is 0 Å². The Morgan fingerprint density at radius 1 is 1.60 bits per heavy atom. The molecule has 1 N–H and O–H groups in total. The van der Waals surface area contributed by atoms with E-state index in [1.807, 2.05) is 0 Å². The average molecular weight is 208 g/mol. The number of carboxylic acid groups (broad SMARTS) is 1. The number of aromatic nitrogens is 2. The maximum absolute atomic E-state index is 11.6. The number of aliphatic carboxylic acids is 1. The molecule has 0 amide bonds. The summed E-state index contributed by atoms with van der Waals surface area (Å²) in [7, 11) is 0. The van der Waals surface area contributed by atoms with Crippen LogP contribution in [0.5, 0.6) is 0 Å². The number of nitrogens with zero attached hydrogens (tertiary/aromatic N) is 2. The fraction of sp³-hybridized carbons (Fsp3) is 0.500. The quantitative estimate of drug-likeness (QED) is 0.762. The molecular weight excluding hydrogens is 196 g/mol. The lowest BCUT2D eigenvalue weighted by Gasteiger charge is -2.10. The zero-order chi connectivity index (χ0) is 11.0. The molecule has 2 rings (SSSR count). The van der Waals surface area contributed by atoms with Crippen LogP contribution in [0.15, 0.2) is 10.9 Å². The standard InChI is InChI=1S/C10H12N2O3/c1-6(10(14)15)12-9(13)5-7-3-2-4-8(7)11-12/h5-6H,2-4H2,1H3,(H,14,15)/t6-/m1/s1. The van der Waals surface area contributed by atoms with E-state index >= 15 is 0 Å². The molecular formula is C10H12N2O3. The van der Waals surface area contributed by atoms with Crippen LogP contribution in [-0.2, 0) is 17.6 Å². The Bertz CT molecular complexity index is 464. The van der Waals surface area contributed by atoms with Crippen LogP contribution >= 0.6 is 0 Å². The van der Waals surface area contributed by atoms with E-state index in [1.54, 1.807) is 0 Å². The molecule has 1 aliphatic rings. The number of hydrogen-bond acceptors (Lipinski definition) is 3. The molecule has 5 nitrogen and oxygen atoms in total. The van der Waals surface area contributed by atoms with Crippen molar-refractivity contribution in [3.63, 3.8) is 0 Å². The summed E-state index contributed by atoms with van der Waals surface area (Å²) >= 11 is 0. The lowest BCUT2D eigenvalue weighted by Crippen LogP contribution is -2.30. The average Bonchev–Trinajstić information content (AvgIpc) is 2.62. The van der Waals surface area contributed by atoms with Gasteiger partial charge in [0.1, 0.15) is 0 Å². The summed E-state index contributed by atoms with van der Waals surface area (Å²) in [6.45, 7) is 1.46. The van der Waals surface area contributed by atoms with Crippen LogP contribution in [0.1, 0.15) is 30.6 Å². The summed E-state index contributed by atoms with van der Waals surface area (Å²) in [5.74, 6) is -1.04. The first-order valence-electron chi connectivity index (χ1n) is 4.94. The summed E-state index contributed by atoms with van der Waals surface area (Å²) in [6.07, 6.45) is 2.70. The van der Waals surface area contributed by atoms with Gasteiger partial charge in [0.2, 0.25) is 0 Å². The number of rotatable bonds is 2. The van der Waals surface area contributed by atoms with Crippen molar-refractivity contribution in [3.05, 3.63) is 27.7 Å². The highest BCUT2D eigenvalue weighted by Crippen LogP contribution is 2.17. The second-order valence-electron chi connectivity index (χ2n) is 3.77. The molecule has 0 radical (unpaired) electrons. The second kappa shape index (κ2) is 3.49. The van der Waals surface area contributed by atoms with Gasteiger partial charge < -0.3 is 5.11 Å². The molecule has 0 fully saturated rings. The predicted octanol–water partition coefficient (Wildman–Crippen LogP) is 0.378. The molecule has 0 saturated heterocycles. The molecule has 1 atom stereocenters. The highest BCUT2D eigenvalue weighted by molar-refractivity contribution is 5.71. The lowest BCUT2D eigenvalue weighted by molar-refractivity contribution is -0.140. The van der Waals surface area contributed by atoms with E-state index < -0.39 is 12.0 Å². The Hall–Kier alpha value is -1.65. The van der Waals surface area contributed by atoms with Gasteiger partial charge in [-0.1, -0.05) is 0 Å². The maximum Gasteiger partial charge on any atom is 0.328 e. The van der Waals surface area contributed by atoms with Crippen LogP contribution in [0.2, 0.25) is 0 Å². The summed E-state index contributed by atoms with van der Waals surface area (Å²) in [4.78, 5) is 22.3. The van der Waals surface area contributed by atoms with Crippen molar-refractivity contribution in [2.45, 2.75) is 32.2 Å². The van der Waals surface area contributed by atoms with Crippen molar-refractivity contribution in [2.75, 3.05) is 0 Å².